The molecule has 1 saturated carbocycles. The van der Waals surface area contributed by atoms with Crippen LogP contribution in [0.15, 0.2) is 0 Å². The molecule has 0 aromatic heterocycles. The van der Waals surface area contributed by atoms with Gasteiger partial charge in [-0.3, -0.25) is 5.32 Å². The van der Waals surface area contributed by atoms with E-state index in [1.807, 2.05) is 0 Å². The average Bonchev–Trinajstić information content (AvgIpc) is 2.90. The van der Waals surface area contributed by atoms with Crippen LogP contribution in [0.5, 0.6) is 0 Å². The molecule has 0 spiro atoms. The second-order valence-electron chi connectivity index (χ2n) is 5.58. The third-order valence-corrected chi connectivity index (χ3v) is 4.34. The largest absolute Gasteiger partial charge is 0.377 e. The predicted octanol–water partition coefficient (Wildman–Crippen LogP) is 2.62. The van der Waals surface area contributed by atoms with Gasteiger partial charge in [0.1, 0.15) is 5.54 Å². The lowest BCUT2D eigenvalue weighted by molar-refractivity contribution is 0.0976. The Kier molecular flexibility index (Phi) is 4.42. The van der Waals surface area contributed by atoms with Gasteiger partial charge in [0.05, 0.1) is 12.2 Å². The Morgan fingerprint density at radius 2 is 2.29 bits per heavy atom. The Hall–Kier alpha value is -0.590. The second-order valence-corrected chi connectivity index (χ2v) is 5.58. The molecule has 0 radical (unpaired) electrons. The minimum absolute atomic E-state index is 0.273. The normalized spacial score (nSPS) is 37.9. The van der Waals surface area contributed by atoms with E-state index in [9.17, 15) is 5.26 Å². The minimum Gasteiger partial charge on any atom is -0.377 e. The molecule has 3 nitrogen and oxygen atoms in total. The van der Waals surface area contributed by atoms with E-state index in [0.717, 1.165) is 38.3 Å². The summed E-state index contributed by atoms with van der Waals surface area (Å²) in [5.74, 6) is 0.723. The highest BCUT2D eigenvalue weighted by Crippen LogP contribution is 2.34. The second kappa shape index (κ2) is 5.84. The minimum atomic E-state index is -0.273. The molecule has 1 N–H and O–H groups in total. The molecule has 17 heavy (non-hydrogen) atoms. The monoisotopic (exact) mass is 236 g/mol. The van der Waals surface area contributed by atoms with E-state index in [1.54, 1.807) is 0 Å². The van der Waals surface area contributed by atoms with Gasteiger partial charge in [0.15, 0.2) is 0 Å². The zero-order valence-electron chi connectivity index (χ0n) is 10.9. The number of hydrogen-bond acceptors (Lipinski definition) is 3. The lowest BCUT2D eigenvalue weighted by Gasteiger charge is -2.36. The average molecular weight is 236 g/mol. The van der Waals surface area contributed by atoms with Gasteiger partial charge in [0.2, 0.25) is 0 Å². The van der Waals surface area contributed by atoms with Crippen molar-refractivity contribution in [3.8, 4) is 6.07 Å². The Labute approximate surface area is 105 Å². The molecule has 0 aromatic rings. The molecule has 1 saturated heterocycles. The lowest BCUT2D eigenvalue weighted by Crippen LogP contribution is -2.50. The van der Waals surface area contributed by atoms with Crippen LogP contribution in [0.25, 0.3) is 0 Å². The van der Waals surface area contributed by atoms with E-state index in [-0.39, 0.29) is 5.54 Å². The fourth-order valence-electron chi connectivity index (χ4n) is 3.15. The van der Waals surface area contributed by atoms with Crippen LogP contribution < -0.4 is 5.32 Å². The van der Waals surface area contributed by atoms with Gasteiger partial charge in [-0.25, -0.2) is 0 Å². The first-order chi connectivity index (χ1) is 8.28. The van der Waals surface area contributed by atoms with Gasteiger partial charge in [0.25, 0.3) is 0 Å². The molecule has 1 heterocycles. The number of rotatable bonds is 4. The summed E-state index contributed by atoms with van der Waals surface area (Å²) in [6.45, 7) is 3.98. The topological polar surface area (TPSA) is 45.0 Å². The summed E-state index contributed by atoms with van der Waals surface area (Å²) in [4.78, 5) is 0. The van der Waals surface area contributed by atoms with Crippen LogP contribution in [0, 0.1) is 17.2 Å². The molecule has 1 aliphatic heterocycles. The van der Waals surface area contributed by atoms with E-state index in [0.29, 0.717) is 6.10 Å². The van der Waals surface area contributed by atoms with Crippen molar-refractivity contribution in [3.05, 3.63) is 0 Å². The van der Waals surface area contributed by atoms with Crippen LogP contribution in [0.1, 0.15) is 51.9 Å². The number of nitrogens with one attached hydrogen (secondary N) is 1. The summed E-state index contributed by atoms with van der Waals surface area (Å²) >= 11 is 0. The number of nitrogens with zero attached hydrogens (tertiary/aromatic N) is 1. The van der Waals surface area contributed by atoms with Gasteiger partial charge in [-0.15, -0.1) is 0 Å². The maximum Gasteiger partial charge on any atom is 0.107 e. The summed E-state index contributed by atoms with van der Waals surface area (Å²) in [5.41, 5.74) is -0.273. The van der Waals surface area contributed by atoms with E-state index >= 15 is 0 Å². The zero-order valence-corrected chi connectivity index (χ0v) is 10.9. The molecule has 0 amide bonds. The number of ether oxygens (including phenoxy) is 1. The summed E-state index contributed by atoms with van der Waals surface area (Å²) in [5, 5.41) is 13.0. The van der Waals surface area contributed by atoms with Gasteiger partial charge in [-0.1, -0.05) is 26.2 Å². The molecule has 2 rings (SSSR count). The van der Waals surface area contributed by atoms with Crippen molar-refractivity contribution in [1.29, 1.82) is 5.26 Å². The Morgan fingerprint density at radius 3 is 2.94 bits per heavy atom. The fourth-order valence-corrected chi connectivity index (χ4v) is 3.15. The SMILES string of the molecule is CCC1CCCC(C#N)(NCC2CCCO2)C1. The molecular formula is C14H24N2O. The first-order valence-electron chi connectivity index (χ1n) is 7.06. The smallest absolute Gasteiger partial charge is 0.107 e. The third kappa shape index (κ3) is 3.20. The number of nitriles is 1. The zero-order chi connectivity index (χ0) is 12.1. The standard InChI is InChI=1S/C14H24N2O/c1-2-12-5-3-7-14(9-12,11-15)16-10-13-6-4-8-17-13/h12-13,16H,2-10H2,1H3. The molecule has 3 unspecified atom stereocenters. The number of hydrogen-bond donors (Lipinski definition) is 1. The fraction of sp³-hybridized carbons (Fsp3) is 0.929. The molecule has 2 fully saturated rings. The van der Waals surface area contributed by atoms with Crippen molar-refractivity contribution in [3.63, 3.8) is 0 Å². The van der Waals surface area contributed by atoms with Crippen LogP contribution in [0.3, 0.4) is 0 Å². The maximum absolute atomic E-state index is 9.48. The summed E-state index contributed by atoms with van der Waals surface area (Å²) < 4.78 is 5.61. The van der Waals surface area contributed by atoms with Crippen molar-refractivity contribution in [1.82, 2.24) is 5.32 Å². The van der Waals surface area contributed by atoms with Crippen LogP contribution in [0.4, 0.5) is 0 Å². The van der Waals surface area contributed by atoms with Crippen molar-refractivity contribution < 1.29 is 4.74 Å². The Balaban J connectivity index is 1.87. The molecule has 0 bridgehead atoms. The van der Waals surface area contributed by atoms with Gasteiger partial charge in [-0.05, 0) is 31.6 Å². The van der Waals surface area contributed by atoms with Gasteiger partial charge < -0.3 is 4.74 Å². The van der Waals surface area contributed by atoms with E-state index in [1.165, 1.54) is 25.7 Å². The van der Waals surface area contributed by atoms with Crippen LogP contribution in [-0.4, -0.2) is 24.8 Å². The molecule has 0 aromatic carbocycles. The van der Waals surface area contributed by atoms with Crippen molar-refractivity contribution in [2.24, 2.45) is 5.92 Å². The van der Waals surface area contributed by atoms with Gasteiger partial charge in [-0.2, -0.15) is 5.26 Å². The van der Waals surface area contributed by atoms with Crippen LogP contribution >= 0.6 is 0 Å². The predicted molar refractivity (Wildman–Crippen MR) is 67.6 cm³/mol. The molecule has 96 valence electrons. The van der Waals surface area contributed by atoms with Crippen molar-refractivity contribution in [2.75, 3.05) is 13.2 Å². The summed E-state index contributed by atoms with van der Waals surface area (Å²) in [7, 11) is 0. The molecule has 2 aliphatic rings. The van der Waals surface area contributed by atoms with E-state index < -0.39 is 0 Å². The Morgan fingerprint density at radius 1 is 1.41 bits per heavy atom. The quantitative estimate of drug-likeness (QED) is 0.816. The highest BCUT2D eigenvalue weighted by Gasteiger charge is 2.36. The highest BCUT2D eigenvalue weighted by atomic mass is 16.5. The van der Waals surface area contributed by atoms with E-state index in [2.05, 4.69) is 18.3 Å². The molecule has 3 heteroatoms. The molecular weight excluding hydrogens is 212 g/mol. The first-order valence-corrected chi connectivity index (χ1v) is 7.06. The highest BCUT2D eigenvalue weighted by molar-refractivity contribution is 5.10. The van der Waals surface area contributed by atoms with Crippen LogP contribution in [-0.2, 0) is 4.74 Å². The van der Waals surface area contributed by atoms with Gasteiger partial charge >= 0.3 is 0 Å². The van der Waals surface area contributed by atoms with Gasteiger partial charge in [0, 0.05) is 13.2 Å². The summed E-state index contributed by atoms with van der Waals surface area (Å²) in [6.07, 6.45) is 8.36. The molecule has 3 atom stereocenters. The van der Waals surface area contributed by atoms with Crippen molar-refractivity contribution >= 4 is 0 Å². The van der Waals surface area contributed by atoms with E-state index in [4.69, 9.17) is 4.74 Å². The lowest BCUT2D eigenvalue weighted by atomic mass is 9.75. The van der Waals surface area contributed by atoms with Crippen molar-refractivity contribution in [2.45, 2.75) is 63.5 Å². The third-order valence-electron chi connectivity index (χ3n) is 4.34. The Bertz CT molecular complexity index is 280. The maximum atomic E-state index is 9.48. The van der Waals surface area contributed by atoms with Crippen LogP contribution in [0.2, 0.25) is 0 Å². The molecule has 1 aliphatic carbocycles. The first kappa shape index (κ1) is 12.9. The summed E-state index contributed by atoms with van der Waals surface area (Å²) in [6, 6.07) is 2.54.